The Kier molecular flexibility index (Phi) is 4.06. The number of H-pyrrole nitrogens is 1. The summed E-state index contributed by atoms with van der Waals surface area (Å²) in [5, 5.41) is 9.48. The highest BCUT2D eigenvalue weighted by Gasteiger charge is 2.20. The number of rotatable bonds is 3. The highest BCUT2D eigenvalue weighted by atomic mass is 35.5. The van der Waals surface area contributed by atoms with E-state index in [9.17, 15) is 9.59 Å². The molecule has 2 heterocycles. The second kappa shape index (κ2) is 6.53. The number of amides is 1. The minimum absolute atomic E-state index is 0.0777. The number of anilines is 1. The first-order valence-corrected chi connectivity index (χ1v) is 8.04. The topological polar surface area (TPSA) is 93.3 Å². The maximum Gasteiger partial charge on any atom is 0.264 e. The maximum atomic E-state index is 12.5. The largest absolute Gasteiger partial charge is 0.454 e. The molecule has 0 radical (unpaired) electrons. The van der Waals surface area contributed by atoms with Gasteiger partial charge in [-0.05, 0) is 30.3 Å². The fourth-order valence-electron chi connectivity index (χ4n) is 2.56. The fraction of sp³-hybridized carbons (Fsp3) is 0.0556. The number of halogens is 1. The van der Waals surface area contributed by atoms with Crippen LogP contribution in [0.3, 0.4) is 0 Å². The molecule has 1 aromatic heterocycles. The third-order valence-corrected chi connectivity index (χ3v) is 4.07. The molecule has 0 saturated heterocycles. The summed E-state index contributed by atoms with van der Waals surface area (Å²) in [6, 6.07) is 13.2. The van der Waals surface area contributed by atoms with Crippen molar-refractivity contribution in [2.75, 3.05) is 12.1 Å². The lowest BCUT2D eigenvalue weighted by Gasteiger charge is -2.08. The van der Waals surface area contributed by atoms with E-state index in [1.807, 2.05) is 6.07 Å². The van der Waals surface area contributed by atoms with Gasteiger partial charge in [0, 0.05) is 22.9 Å². The molecule has 3 aromatic rings. The second-order valence-corrected chi connectivity index (χ2v) is 5.94. The third kappa shape index (κ3) is 3.12. The van der Waals surface area contributed by atoms with Crippen molar-refractivity contribution < 1.29 is 14.3 Å². The van der Waals surface area contributed by atoms with Crippen LogP contribution in [-0.2, 0) is 0 Å². The molecule has 2 aromatic carbocycles. The zero-order chi connectivity index (χ0) is 18.1. The molecule has 8 heteroatoms. The lowest BCUT2D eigenvalue weighted by atomic mass is 10.1. The molecule has 1 aliphatic heterocycles. The van der Waals surface area contributed by atoms with Crippen molar-refractivity contribution >= 4 is 23.2 Å². The summed E-state index contributed by atoms with van der Waals surface area (Å²) in [4.78, 5) is 23.7. The van der Waals surface area contributed by atoms with Crippen LogP contribution in [0.1, 0.15) is 10.4 Å². The molecule has 0 atom stereocenters. The predicted octanol–water partition coefficient (Wildman–Crippen LogP) is 3.07. The summed E-state index contributed by atoms with van der Waals surface area (Å²) in [6.07, 6.45) is 0. The van der Waals surface area contributed by atoms with Crippen molar-refractivity contribution in [3.8, 4) is 22.8 Å². The summed E-state index contributed by atoms with van der Waals surface area (Å²) in [7, 11) is 0. The molecule has 0 fully saturated rings. The number of hydrogen-bond donors (Lipinski definition) is 2. The normalized spacial score (nSPS) is 12.0. The first-order valence-electron chi connectivity index (χ1n) is 7.67. The molecule has 0 spiro atoms. The molecular weight excluding hydrogens is 358 g/mol. The first-order chi connectivity index (χ1) is 12.6. The number of hydrogen-bond acceptors (Lipinski definition) is 5. The Morgan fingerprint density at radius 3 is 2.85 bits per heavy atom. The summed E-state index contributed by atoms with van der Waals surface area (Å²) in [5.41, 5.74) is 1.99. The van der Waals surface area contributed by atoms with E-state index in [4.69, 9.17) is 21.1 Å². The summed E-state index contributed by atoms with van der Waals surface area (Å²) in [5.74, 6) is 0.542. The number of aromatic nitrogens is 2. The standard InChI is InChI=1S/C18H12ClN3O4/c19-13-7-11(8-15-17(13)26-9-25-15)18(24)20-12-3-1-2-10(6-12)14-4-5-16(23)22-21-14/h1-8H,9H2,(H,20,24)(H,22,23). The Morgan fingerprint density at radius 2 is 2.04 bits per heavy atom. The zero-order valence-electron chi connectivity index (χ0n) is 13.3. The van der Waals surface area contributed by atoms with Crippen LogP contribution >= 0.6 is 11.6 Å². The molecule has 130 valence electrons. The van der Waals surface area contributed by atoms with Gasteiger partial charge >= 0.3 is 0 Å². The van der Waals surface area contributed by atoms with E-state index in [2.05, 4.69) is 15.5 Å². The van der Waals surface area contributed by atoms with Gasteiger partial charge in [-0.2, -0.15) is 5.10 Å². The van der Waals surface area contributed by atoms with Gasteiger partial charge in [0.2, 0.25) is 6.79 Å². The monoisotopic (exact) mass is 369 g/mol. The van der Waals surface area contributed by atoms with Crippen molar-refractivity contribution in [2.45, 2.75) is 0 Å². The molecule has 0 bridgehead atoms. The van der Waals surface area contributed by atoms with Crippen LogP contribution in [0.2, 0.25) is 5.02 Å². The Bertz CT molecular complexity index is 1040. The van der Waals surface area contributed by atoms with Crippen LogP contribution in [0.15, 0.2) is 53.3 Å². The molecule has 26 heavy (non-hydrogen) atoms. The van der Waals surface area contributed by atoms with Gasteiger partial charge < -0.3 is 14.8 Å². The van der Waals surface area contributed by atoms with Crippen LogP contribution in [0.4, 0.5) is 5.69 Å². The number of ether oxygens (including phenoxy) is 2. The number of carbonyl (C=O) groups excluding carboxylic acids is 1. The molecule has 1 amide bonds. The summed E-state index contributed by atoms with van der Waals surface area (Å²) in [6.45, 7) is 0.0777. The van der Waals surface area contributed by atoms with Gasteiger partial charge in [-0.3, -0.25) is 9.59 Å². The quantitative estimate of drug-likeness (QED) is 0.740. The van der Waals surface area contributed by atoms with Crippen LogP contribution in [0.25, 0.3) is 11.3 Å². The second-order valence-electron chi connectivity index (χ2n) is 5.53. The third-order valence-electron chi connectivity index (χ3n) is 3.78. The number of carbonyl (C=O) groups is 1. The molecule has 0 aliphatic carbocycles. The average molecular weight is 370 g/mol. The SMILES string of the molecule is O=C(Nc1cccc(-c2ccc(=O)[nH]n2)c1)c1cc(Cl)c2c(c1)OCO2. The summed E-state index contributed by atoms with van der Waals surface area (Å²) < 4.78 is 10.5. The zero-order valence-corrected chi connectivity index (χ0v) is 14.0. The highest BCUT2D eigenvalue weighted by molar-refractivity contribution is 6.32. The molecule has 0 unspecified atom stereocenters. The van der Waals surface area contributed by atoms with Gasteiger partial charge in [0.15, 0.2) is 11.5 Å². The Balaban J connectivity index is 1.59. The number of aromatic amines is 1. The first kappa shape index (κ1) is 16.2. The van der Waals surface area contributed by atoms with Crippen molar-refractivity contribution in [2.24, 2.45) is 0 Å². The van der Waals surface area contributed by atoms with Crippen molar-refractivity contribution in [1.29, 1.82) is 0 Å². The van der Waals surface area contributed by atoms with Crippen LogP contribution in [0, 0.1) is 0 Å². The van der Waals surface area contributed by atoms with Crippen molar-refractivity contribution in [3.05, 3.63) is 69.5 Å². The van der Waals surface area contributed by atoms with Gasteiger partial charge in [-0.15, -0.1) is 0 Å². The van der Waals surface area contributed by atoms with Crippen molar-refractivity contribution in [1.82, 2.24) is 10.2 Å². The van der Waals surface area contributed by atoms with Gasteiger partial charge in [-0.25, -0.2) is 5.10 Å². The number of fused-ring (bicyclic) bond motifs is 1. The highest BCUT2D eigenvalue weighted by Crippen LogP contribution is 2.39. The van der Waals surface area contributed by atoms with E-state index in [1.54, 1.807) is 30.3 Å². The Morgan fingerprint density at radius 1 is 1.15 bits per heavy atom. The number of nitrogens with zero attached hydrogens (tertiary/aromatic N) is 1. The number of benzene rings is 2. The van der Waals surface area contributed by atoms with Crippen molar-refractivity contribution in [3.63, 3.8) is 0 Å². The van der Waals surface area contributed by atoms with E-state index >= 15 is 0 Å². The lowest BCUT2D eigenvalue weighted by Crippen LogP contribution is -2.12. The van der Waals surface area contributed by atoms with Gasteiger partial charge in [0.05, 0.1) is 10.7 Å². The maximum absolute atomic E-state index is 12.5. The van der Waals surface area contributed by atoms with Gasteiger partial charge in [0.25, 0.3) is 11.5 Å². The number of nitrogens with one attached hydrogen (secondary N) is 2. The molecule has 7 nitrogen and oxygen atoms in total. The minimum Gasteiger partial charge on any atom is -0.454 e. The summed E-state index contributed by atoms with van der Waals surface area (Å²) >= 11 is 6.12. The molecular formula is C18H12ClN3O4. The fourth-order valence-corrected chi connectivity index (χ4v) is 2.83. The predicted molar refractivity (Wildman–Crippen MR) is 95.8 cm³/mol. The lowest BCUT2D eigenvalue weighted by molar-refractivity contribution is 0.102. The van der Waals surface area contributed by atoms with E-state index in [0.717, 1.165) is 5.56 Å². The van der Waals surface area contributed by atoms with Gasteiger partial charge in [-0.1, -0.05) is 23.7 Å². The Labute approximate surface area is 152 Å². The van der Waals surface area contributed by atoms with Crippen LogP contribution < -0.4 is 20.3 Å². The van der Waals surface area contributed by atoms with E-state index in [1.165, 1.54) is 12.1 Å². The smallest absolute Gasteiger partial charge is 0.264 e. The molecule has 0 saturated carbocycles. The van der Waals surface area contributed by atoms with Crippen LogP contribution in [0.5, 0.6) is 11.5 Å². The van der Waals surface area contributed by atoms with E-state index in [-0.39, 0.29) is 18.3 Å². The van der Waals surface area contributed by atoms with E-state index in [0.29, 0.717) is 33.5 Å². The molecule has 4 rings (SSSR count). The molecule has 2 N–H and O–H groups in total. The average Bonchev–Trinajstić information content (AvgIpc) is 3.12. The van der Waals surface area contributed by atoms with E-state index < -0.39 is 0 Å². The Hall–Kier alpha value is -3.32. The van der Waals surface area contributed by atoms with Gasteiger partial charge in [0.1, 0.15) is 0 Å². The molecule has 1 aliphatic rings. The minimum atomic E-state index is -0.336. The van der Waals surface area contributed by atoms with Crippen LogP contribution in [-0.4, -0.2) is 22.9 Å².